The molecule has 4 amide bonds. The summed E-state index contributed by atoms with van der Waals surface area (Å²) in [4.78, 5) is 58.6. The quantitative estimate of drug-likeness (QED) is 0.0738. The molecule has 1 fully saturated rings. The Bertz CT molecular complexity index is 2490. The fourth-order valence-electron chi connectivity index (χ4n) is 7.55. The molecule has 1 heterocycles. The minimum Gasteiger partial charge on any atom is -0.461 e. The lowest BCUT2D eigenvalue weighted by Gasteiger charge is -2.44. The van der Waals surface area contributed by atoms with Crippen molar-refractivity contribution in [3.05, 3.63) is 153 Å². The van der Waals surface area contributed by atoms with Crippen molar-refractivity contribution in [1.82, 2.24) is 0 Å². The lowest BCUT2D eigenvalue weighted by atomic mass is 9.98. The number of anilines is 4. The fraction of sp³-hybridized carbons (Fsp3) is 0.286. The Morgan fingerprint density at radius 2 is 0.844 bits per heavy atom. The SMILES string of the molecule is [C-]#[N+]c1ccc(O[C@H]2O[C@H](COC(=O)Nc3cc(C)cc(C)c3)[C@@H](OC(=O)Nc3cc(C)cc(C)c3)[C@H](OC(=O)Nc3cc(C)cc(C)c3)[C@H]2OC(=O)Nc2cc(C)cc(C)c2)cc1. The van der Waals surface area contributed by atoms with Gasteiger partial charge < -0.3 is 28.4 Å². The summed E-state index contributed by atoms with van der Waals surface area (Å²) in [6.45, 7) is 21.8. The molecule has 6 rings (SSSR count). The van der Waals surface area contributed by atoms with Gasteiger partial charge in [0.1, 0.15) is 18.5 Å². The number of nitrogens with one attached hydrogen (secondary N) is 4. The van der Waals surface area contributed by atoms with Gasteiger partial charge in [0.05, 0.1) is 6.57 Å². The summed E-state index contributed by atoms with van der Waals surface area (Å²) in [5, 5.41) is 10.9. The predicted molar refractivity (Wildman–Crippen MR) is 242 cm³/mol. The second kappa shape index (κ2) is 20.5. The van der Waals surface area contributed by atoms with Crippen LogP contribution < -0.4 is 26.0 Å². The molecule has 0 bridgehead atoms. The molecule has 0 aromatic heterocycles. The molecule has 0 unspecified atom stereocenters. The minimum absolute atomic E-state index is 0.179. The average molecular weight is 870 g/mol. The number of benzene rings is 5. The van der Waals surface area contributed by atoms with Crippen LogP contribution in [0.15, 0.2) is 97.1 Å². The maximum atomic E-state index is 14.0. The zero-order chi connectivity index (χ0) is 46.1. The number of hydrogen-bond donors (Lipinski definition) is 4. The molecule has 5 aromatic carbocycles. The van der Waals surface area contributed by atoms with Crippen molar-refractivity contribution in [2.24, 2.45) is 0 Å². The lowest BCUT2D eigenvalue weighted by molar-refractivity contribution is -0.272. The van der Waals surface area contributed by atoms with Crippen molar-refractivity contribution in [2.75, 3.05) is 27.9 Å². The van der Waals surface area contributed by atoms with Gasteiger partial charge in [0.25, 0.3) is 0 Å². The second-order valence-corrected chi connectivity index (χ2v) is 16.0. The Balaban J connectivity index is 1.40. The highest BCUT2D eigenvalue weighted by Crippen LogP contribution is 2.33. The fourth-order valence-corrected chi connectivity index (χ4v) is 7.55. The van der Waals surface area contributed by atoms with Gasteiger partial charge in [-0.05, 0) is 161 Å². The molecule has 5 aromatic rings. The van der Waals surface area contributed by atoms with Crippen LogP contribution in [0, 0.1) is 62.0 Å². The average Bonchev–Trinajstić information content (AvgIpc) is 3.18. The molecule has 15 heteroatoms. The van der Waals surface area contributed by atoms with Crippen LogP contribution in [0.4, 0.5) is 47.6 Å². The van der Waals surface area contributed by atoms with Crippen LogP contribution in [-0.4, -0.2) is 61.7 Å². The predicted octanol–water partition coefficient (Wildman–Crippen LogP) is 10.9. The van der Waals surface area contributed by atoms with E-state index in [4.69, 9.17) is 35.0 Å². The number of amides is 4. The normalized spacial score (nSPS) is 17.8. The van der Waals surface area contributed by atoms with E-state index in [-0.39, 0.29) is 5.75 Å². The van der Waals surface area contributed by atoms with E-state index in [0.29, 0.717) is 28.4 Å². The number of ether oxygens (including phenoxy) is 6. The molecule has 15 nitrogen and oxygen atoms in total. The smallest absolute Gasteiger partial charge is 0.412 e. The number of carbonyl (C=O) groups is 4. The second-order valence-electron chi connectivity index (χ2n) is 16.0. The van der Waals surface area contributed by atoms with Gasteiger partial charge in [0, 0.05) is 22.7 Å². The van der Waals surface area contributed by atoms with Crippen molar-refractivity contribution in [2.45, 2.75) is 86.1 Å². The van der Waals surface area contributed by atoms with Crippen LogP contribution in [0.2, 0.25) is 0 Å². The summed E-state index contributed by atoms with van der Waals surface area (Å²) in [5.41, 5.74) is 9.06. The molecule has 5 atom stereocenters. The number of rotatable bonds is 11. The maximum Gasteiger partial charge on any atom is 0.412 e. The van der Waals surface area contributed by atoms with Gasteiger partial charge in [-0.25, -0.2) is 24.0 Å². The summed E-state index contributed by atoms with van der Waals surface area (Å²) >= 11 is 0. The third-order valence-electron chi connectivity index (χ3n) is 9.79. The lowest BCUT2D eigenvalue weighted by Crippen LogP contribution is -2.64. The minimum atomic E-state index is -1.68. The molecule has 4 N–H and O–H groups in total. The highest BCUT2D eigenvalue weighted by molar-refractivity contribution is 5.87. The van der Waals surface area contributed by atoms with Gasteiger partial charge >= 0.3 is 24.4 Å². The monoisotopic (exact) mass is 869 g/mol. The molecule has 64 heavy (non-hydrogen) atoms. The summed E-state index contributed by atoms with van der Waals surface area (Å²) in [7, 11) is 0. The molecule has 1 aliphatic rings. The van der Waals surface area contributed by atoms with E-state index in [1.807, 2.05) is 79.7 Å². The van der Waals surface area contributed by atoms with E-state index < -0.39 is 61.7 Å². The van der Waals surface area contributed by atoms with Crippen LogP contribution >= 0.6 is 0 Å². The van der Waals surface area contributed by atoms with Crippen molar-refractivity contribution in [3.8, 4) is 5.75 Å². The molecule has 0 radical (unpaired) electrons. The molecular weight excluding hydrogens is 819 g/mol. The van der Waals surface area contributed by atoms with Crippen molar-refractivity contribution in [3.63, 3.8) is 0 Å². The molecule has 1 saturated heterocycles. The Kier molecular flexibility index (Phi) is 14.7. The Morgan fingerprint density at radius 3 is 1.22 bits per heavy atom. The maximum absolute atomic E-state index is 14.0. The van der Waals surface area contributed by atoms with E-state index >= 15 is 0 Å². The van der Waals surface area contributed by atoms with E-state index in [9.17, 15) is 19.2 Å². The van der Waals surface area contributed by atoms with Crippen LogP contribution in [0.5, 0.6) is 5.75 Å². The summed E-state index contributed by atoms with van der Waals surface area (Å²) < 4.78 is 36.7. The van der Waals surface area contributed by atoms with E-state index in [1.54, 1.807) is 48.5 Å². The number of nitrogens with zero attached hydrogens (tertiary/aromatic N) is 1. The Labute approximate surface area is 372 Å². The largest absolute Gasteiger partial charge is 0.461 e. The van der Waals surface area contributed by atoms with Crippen molar-refractivity contribution in [1.29, 1.82) is 0 Å². The first-order valence-electron chi connectivity index (χ1n) is 20.5. The topological polar surface area (TPSA) is 176 Å². The molecule has 0 spiro atoms. The van der Waals surface area contributed by atoms with Gasteiger partial charge in [-0.2, -0.15) is 0 Å². The van der Waals surface area contributed by atoms with E-state index in [0.717, 1.165) is 44.5 Å². The number of aryl methyl sites for hydroxylation is 8. The highest BCUT2D eigenvalue weighted by atomic mass is 16.7. The first kappa shape index (κ1) is 45.9. The summed E-state index contributed by atoms with van der Waals surface area (Å²) in [6, 6.07) is 27.7. The van der Waals surface area contributed by atoms with Gasteiger partial charge in [-0.3, -0.25) is 21.3 Å². The Morgan fingerprint density at radius 1 is 0.500 bits per heavy atom. The number of hydrogen-bond acceptors (Lipinski definition) is 10. The molecular formula is C49H51N5O10. The highest BCUT2D eigenvalue weighted by Gasteiger charge is 2.54. The molecule has 0 aliphatic carbocycles. The van der Waals surface area contributed by atoms with Gasteiger partial charge in [0.15, 0.2) is 17.9 Å². The first-order valence-corrected chi connectivity index (χ1v) is 20.5. The van der Waals surface area contributed by atoms with Gasteiger partial charge in [-0.15, -0.1) is 0 Å². The molecule has 332 valence electrons. The van der Waals surface area contributed by atoms with E-state index in [2.05, 4.69) is 26.1 Å². The van der Waals surface area contributed by atoms with Crippen molar-refractivity contribution >= 4 is 52.8 Å². The van der Waals surface area contributed by atoms with Crippen LogP contribution in [0.1, 0.15) is 44.5 Å². The molecule has 0 saturated carbocycles. The van der Waals surface area contributed by atoms with Crippen molar-refractivity contribution < 1.29 is 47.6 Å². The summed E-state index contributed by atoms with van der Waals surface area (Å²) in [5.74, 6) is 0.179. The summed E-state index contributed by atoms with van der Waals surface area (Å²) in [6.07, 6.45) is -11.8. The zero-order valence-corrected chi connectivity index (χ0v) is 36.9. The van der Waals surface area contributed by atoms with Crippen LogP contribution in [-0.2, 0) is 23.7 Å². The van der Waals surface area contributed by atoms with Crippen LogP contribution in [0.25, 0.3) is 4.85 Å². The third kappa shape index (κ3) is 13.0. The van der Waals surface area contributed by atoms with E-state index in [1.165, 1.54) is 24.3 Å². The van der Waals surface area contributed by atoms with Gasteiger partial charge in [-0.1, -0.05) is 36.4 Å². The zero-order valence-electron chi connectivity index (χ0n) is 36.9. The Hall–Kier alpha value is -7.57. The number of carbonyl (C=O) groups excluding carboxylic acids is 4. The van der Waals surface area contributed by atoms with Crippen LogP contribution in [0.3, 0.4) is 0 Å². The third-order valence-corrected chi connectivity index (χ3v) is 9.79. The standard InChI is InChI=1S/C49H51N5O10/c1-27-14-28(2)19-36(18-27)51-46(55)59-26-41-42(62-47(56)52-37-20-29(3)15-30(4)21-37)43(63-48(57)53-38-22-31(5)16-32(6)23-38)44(45(61-41)60-40-12-10-35(50-9)11-13-40)64-49(58)54-39-24-33(7)17-34(8)25-39/h10-25,41-45H,26H2,1-8H3,(H,51,55)(H,52,56)(H,53,57)(H,54,58)/t41-,42-,43+,44-,45+/m1/s1. The first-order chi connectivity index (χ1) is 30.5. The molecule has 1 aliphatic heterocycles. The van der Waals surface area contributed by atoms with Gasteiger partial charge in [0.2, 0.25) is 12.4 Å².